The van der Waals surface area contributed by atoms with Gasteiger partial charge in [-0.1, -0.05) is 22.9 Å². The highest BCUT2D eigenvalue weighted by Crippen LogP contribution is 2.27. The zero-order chi connectivity index (χ0) is 11.7. The zero-order valence-corrected chi connectivity index (χ0v) is 10.5. The van der Waals surface area contributed by atoms with Crippen molar-refractivity contribution in [2.24, 2.45) is 5.92 Å². The van der Waals surface area contributed by atoms with Crippen molar-refractivity contribution in [3.05, 3.63) is 23.9 Å². The first-order valence-electron chi connectivity index (χ1n) is 5.28. The Kier molecular flexibility index (Phi) is 3.42. The summed E-state index contributed by atoms with van der Waals surface area (Å²) in [7, 11) is 0. The lowest BCUT2D eigenvalue weighted by Gasteiger charge is -2.35. The molecule has 0 radical (unpaired) electrons. The van der Waals surface area contributed by atoms with Gasteiger partial charge in [0.25, 0.3) is 0 Å². The van der Waals surface area contributed by atoms with Crippen LogP contribution in [-0.2, 0) is 0 Å². The van der Waals surface area contributed by atoms with Gasteiger partial charge >= 0.3 is 0 Å². The van der Waals surface area contributed by atoms with Gasteiger partial charge in [-0.3, -0.25) is 0 Å². The molecule has 0 N–H and O–H groups in total. The average Bonchev–Trinajstić information content (AvgIpc) is 2.22. The number of pyridine rings is 1. The summed E-state index contributed by atoms with van der Waals surface area (Å²) in [5, 5.41) is 0. The van der Waals surface area contributed by atoms with Crippen molar-refractivity contribution in [2.75, 3.05) is 18.0 Å². The fraction of sp³-hybridized carbons (Fsp3) is 0.545. The summed E-state index contributed by atoms with van der Waals surface area (Å²) in [5.41, 5.74) is 0. The average molecular weight is 291 g/mol. The van der Waals surface area contributed by atoms with Crippen LogP contribution < -0.4 is 4.90 Å². The van der Waals surface area contributed by atoms with E-state index < -0.39 is 11.6 Å². The number of nitrogens with zero attached hydrogens (tertiary/aromatic N) is 2. The van der Waals surface area contributed by atoms with Gasteiger partial charge in [0.05, 0.1) is 6.20 Å². The van der Waals surface area contributed by atoms with E-state index in [1.54, 1.807) is 0 Å². The van der Waals surface area contributed by atoms with Crippen LogP contribution in [0.15, 0.2) is 12.3 Å². The van der Waals surface area contributed by atoms with Gasteiger partial charge in [-0.05, 0) is 12.3 Å². The lowest BCUT2D eigenvalue weighted by Crippen LogP contribution is -2.40. The molecule has 1 aliphatic rings. The van der Waals surface area contributed by atoms with Crippen LogP contribution in [0.3, 0.4) is 0 Å². The Morgan fingerprint density at radius 1 is 1.50 bits per heavy atom. The fourth-order valence-corrected chi connectivity index (χ4v) is 2.32. The first-order valence-corrected chi connectivity index (χ1v) is 6.19. The maximum atomic E-state index is 13.5. The summed E-state index contributed by atoms with van der Waals surface area (Å²) in [4.78, 5) is 6.16. The minimum atomic E-state index is -0.635. The molecule has 2 rings (SSSR count). The minimum Gasteiger partial charge on any atom is -0.354 e. The number of alkyl halides is 1. The van der Waals surface area contributed by atoms with Gasteiger partial charge in [0, 0.05) is 24.0 Å². The highest BCUT2D eigenvalue weighted by molar-refractivity contribution is 9.09. The molecule has 0 bridgehead atoms. The number of rotatable bonds is 1. The van der Waals surface area contributed by atoms with Gasteiger partial charge in [-0.2, -0.15) is 0 Å². The Balaban J connectivity index is 2.18. The van der Waals surface area contributed by atoms with Crippen LogP contribution in [0.4, 0.5) is 14.6 Å². The van der Waals surface area contributed by atoms with Crippen LogP contribution in [-0.4, -0.2) is 22.9 Å². The molecule has 88 valence electrons. The second kappa shape index (κ2) is 4.65. The van der Waals surface area contributed by atoms with Gasteiger partial charge in [-0.15, -0.1) is 0 Å². The van der Waals surface area contributed by atoms with Crippen molar-refractivity contribution in [1.82, 2.24) is 4.98 Å². The summed E-state index contributed by atoms with van der Waals surface area (Å²) in [6, 6.07) is 0.882. The molecule has 0 amide bonds. The van der Waals surface area contributed by atoms with E-state index in [0.29, 0.717) is 10.7 Å². The molecule has 1 aromatic rings. The van der Waals surface area contributed by atoms with Crippen molar-refractivity contribution in [3.63, 3.8) is 0 Å². The molecule has 2 unspecified atom stereocenters. The Hall–Kier alpha value is -0.710. The first-order chi connectivity index (χ1) is 7.58. The summed E-state index contributed by atoms with van der Waals surface area (Å²) in [6.45, 7) is 3.59. The Labute approximate surface area is 102 Å². The topological polar surface area (TPSA) is 16.1 Å². The molecule has 0 aliphatic carbocycles. The van der Waals surface area contributed by atoms with Crippen molar-refractivity contribution in [3.8, 4) is 0 Å². The number of aromatic nitrogens is 1. The van der Waals surface area contributed by atoms with E-state index in [0.717, 1.165) is 31.8 Å². The fourth-order valence-electron chi connectivity index (χ4n) is 1.95. The van der Waals surface area contributed by atoms with Gasteiger partial charge in [0.2, 0.25) is 0 Å². The molecule has 1 aromatic heterocycles. The van der Waals surface area contributed by atoms with Crippen molar-refractivity contribution < 1.29 is 8.78 Å². The lowest BCUT2D eigenvalue weighted by atomic mass is 10.00. The number of halogens is 3. The molecule has 2 nitrogen and oxygen atoms in total. The Morgan fingerprint density at radius 2 is 2.25 bits per heavy atom. The van der Waals surface area contributed by atoms with E-state index in [9.17, 15) is 8.78 Å². The zero-order valence-electron chi connectivity index (χ0n) is 8.96. The van der Waals surface area contributed by atoms with Crippen LogP contribution in [0.2, 0.25) is 0 Å². The molecule has 1 saturated heterocycles. The summed E-state index contributed by atoms with van der Waals surface area (Å²) < 4.78 is 26.2. The Morgan fingerprint density at radius 3 is 2.88 bits per heavy atom. The van der Waals surface area contributed by atoms with Gasteiger partial charge < -0.3 is 4.90 Å². The second-order valence-corrected chi connectivity index (χ2v) is 5.36. The predicted octanol–water partition coefficient (Wildman–Crippen LogP) is 2.97. The number of anilines is 1. The quantitative estimate of drug-likeness (QED) is 0.740. The molecule has 2 atom stereocenters. The molecule has 1 aliphatic heterocycles. The third kappa shape index (κ3) is 2.34. The van der Waals surface area contributed by atoms with Crippen LogP contribution in [0.25, 0.3) is 0 Å². The van der Waals surface area contributed by atoms with Crippen LogP contribution in [0.5, 0.6) is 0 Å². The maximum Gasteiger partial charge on any atom is 0.168 e. The van der Waals surface area contributed by atoms with E-state index in [4.69, 9.17) is 0 Å². The monoisotopic (exact) mass is 290 g/mol. The molecule has 2 heterocycles. The second-order valence-electron chi connectivity index (χ2n) is 4.19. The number of piperidine rings is 1. The molecule has 5 heteroatoms. The summed E-state index contributed by atoms with van der Waals surface area (Å²) in [5.74, 6) is -0.530. The molecular formula is C11H13BrF2N2. The van der Waals surface area contributed by atoms with E-state index in [1.807, 2.05) is 4.90 Å². The summed E-state index contributed by atoms with van der Waals surface area (Å²) in [6.07, 6.45) is 2.00. The van der Waals surface area contributed by atoms with Crippen LogP contribution in [0, 0.1) is 17.6 Å². The van der Waals surface area contributed by atoms with Crippen LogP contribution >= 0.6 is 15.9 Å². The number of hydrogen-bond acceptors (Lipinski definition) is 2. The minimum absolute atomic E-state index is 0.257. The van der Waals surface area contributed by atoms with E-state index in [-0.39, 0.29) is 5.82 Å². The SMILES string of the molecule is CC1CN(c2ncc(F)cc2F)CCC1Br. The lowest BCUT2D eigenvalue weighted by molar-refractivity contribution is 0.455. The molecular weight excluding hydrogens is 278 g/mol. The van der Waals surface area contributed by atoms with Gasteiger partial charge in [0.15, 0.2) is 11.6 Å². The maximum absolute atomic E-state index is 13.5. The number of hydrogen-bond donors (Lipinski definition) is 0. The van der Waals surface area contributed by atoms with E-state index >= 15 is 0 Å². The third-order valence-electron chi connectivity index (χ3n) is 2.89. The van der Waals surface area contributed by atoms with Crippen molar-refractivity contribution in [2.45, 2.75) is 18.2 Å². The summed E-state index contributed by atoms with van der Waals surface area (Å²) >= 11 is 3.58. The first kappa shape index (κ1) is 11.8. The molecule has 0 saturated carbocycles. The smallest absolute Gasteiger partial charge is 0.168 e. The standard InChI is InChI=1S/C11H13BrF2N2/c1-7-6-16(3-2-9(7)12)11-10(14)4-8(13)5-15-11/h4-5,7,9H,2-3,6H2,1H3. The Bertz CT molecular complexity index is 386. The highest BCUT2D eigenvalue weighted by atomic mass is 79.9. The van der Waals surface area contributed by atoms with Crippen LogP contribution in [0.1, 0.15) is 13.3 Å². The van der Waals surface area contributed by atoms with Crippen molar-refractivity contribution in [1.29, 1.82) is 0 Å². The third-order valence-corrected chi connectivity index (χ3v) is 4.25. The molecule has 1 fully saturated rings. The predicted molar refractivity (Wildman–Crippen MR) is 62.9 cm³/mol. The van der Waals surface area contributed by atoms with E-state index in [1.165, 1.54) is 0 Å². The largest absolute Gasteiger partial charge is 0.354 e. The van der Waals surface area contributed by atoms with E-state index in [2.05, 4.69) is 27.8 Å². The normalized spacial score (nSPS) is 25.9. The highest BCUT2D eigenvalue weighted by Gasteiger charge is 2.26. The molecule has 0 aromatic carbocycles. The molecule has 0 spiro atoms. The van der Waals surface area contributed by atoms with Gasteiger partial charge in [0.1, 0.15) is 5.82 Å². The van der Waals surface area contributed by atoms with Crippen molar-refractivity contribution >= 4 is 21.7 Å². The van der Waals surface area contributed by atoms with Gasteiger partial charge in [-0.25, -0.2) is 13.8 Å². The molecule has 16 heavy (non-hydrogen) atoms.